The van der Waals surface area contributed by atoms with E-state index in [4.69, 9.17) is 0 Å². The number of rotatable bonds is 7. The Morgan fingerprint density at radius 1 is 1.21 bits per heavy atom. The predicted octanol–water partition coefficient (Wildman–Crippen LogP) is 2.05. The molecule has 0 unspecified atom stereocenters. The third-order valence-corrected chi connectivity index (χ3v) is 4.11. The van der Waals surface area contributed by atoms with Crippen LogP contribution in [-0.2, 0) is 16.0 Å². The van der Waals surface area contributed by atoms with E-state index in [1.165, 1.54) is 5.56 Å². The number of amides is 4. The molecule has 0 aliphatic carbocycles. The van der Waals surface area contributed by atoms with Crippen LogP contribution in [-0.4, -0.2) is 23.9 Å². The molecule has 1 fully saturated rings. The minimum Gasteiger partial charge on any atom is -0.349 e. The summed E-state index contributed by atoms with van der Waals surface area (Å²) < 4.78 is 0. The van der Waals surface area contributed by atoms with Gasteiger partial charge in [-0.05, 0) is 23.5 Å². The van der Waals surface area contributed by atoms with Crippen molar-refractivity contribution in [3.05, 3.63) is 35.4 Å². The van der Waals surface area contributed by atoms with Crippen molar-refractivity contribution in [1.29, 1.82) is 0 Å². The summed E-state index contributed by atoms with van der Waals surface area (Å²) in [6, 6.07) is 6.78. The fourth-order valence-corrected chi connectivity index (χ4v) is 2.84. The van der Waals surface area contributed by atoms with Gasteiger partial charge in [0.1, 0.15) is 6.04 Å². The molecule has 0 aromatic heterocycles. The lowest BCUT2D eigenvalue weighted by Crippen LogP contribution is -2.38. The average molecular weight is 331 g/mol. The van der Waals surface area contributed by atoms with Gasteiger partial charge < -0.3 is 10.6 Å². The van der Waals surface area contributed by atoms with Gasteiger partial charge in [0, 0.05) is 0 Å². The number of nitrogens with one attached hydrogen (secondary N) is 3. The minimum absolute atomic E-state index is 0.0608. The largest absolute Gasteiger partial charge is 0.349 e. The molecule has 0 saturated carbocycles. The SMILES string of the molecule is CCCc1ccc([C@H](NC(=O)C[C@H]2NC(=O)NC2=O)C(C)C)cc1. The maximum Gasteiger partial charge on any atom is 0.322 e. The van der Waals surface area contributed by atoms with Gasteiger partial charge >= 0.3 is 6.03 Å². The van der Waals surface area contributed by atoms with Gasteiger partial charge in [-0.15, -0.1) is 0 Å². The van der Waals surface area contributed by atoms with Crippen LogP contribution < -0.4 is 16.0 Å². The van der Waals surface area contributed by atoms with Gasteiger partial charge in [-0.3, -0.25) is 14.9 Å². The molecule has 0 bridgehead atoms. The van der Waals surface area contributed by atoms with E-state index in [2.05, 4.69) is 35.0 Å². The lowest BCUT2D eigenvalue weighted by molar-refractivity contribution is -0.127. The molecular formula is C18H25N3O3. The van der Waals surface area contributed by atoms with Crippen LogP contribution in [0.4, 0.5) is 4.79 Å². The summed E-state index contributed by atoms with van der Waals surface area (Å²) in [7, 11) is 0. The quantitative estimate of drug-likeness (QED) is 0.668. The van der Waals surface area contributed by atoms with Crippen molar-refractivity contribution in [1.82, 2.24) is 16.0 Å². The van der Waals surface area contributed by atoms with Gasteiger partial charge in [-0.1, -0.05) is 51.5 Å². The number of imide groups is 1. The van der Waals surface area contributed by atoms with E-state index in [9.17, 15) is 14.4 Å². The van der Waals surface area contributed by atoms with E-state index >= 15 is 0 Å². The van der Waals surface area contributed by atoms with Gasteiger partial charge in [0.15, 0.2) is 0 Å². The lowest BCUT2D eigenvalue weighted by atomic mass is 9.94. The summed E-state index contributed by atoms with van der Waals surface area (Å²) >= 11 is 0. The molecule has 2 atom stereocenters. The van der Waals surface area contributed by atoms with Crippen molar-refractivity contribution in [2.75, 3.05) is 0 Å². The molecule has 1 aromatic rings. The van der Waals surface area contributed by atoms with Crippen LogP contribution in [0.2, 0.25) is 0 Å². The maximum atomic E-state index is 12.3. The predicted molar refractivity (Wildman–Crippen MR) is 91.2 cm³/mol. The summed E-state index contributed by atoms with van der Waals surface area (Å²) in [6.45, 7) is 6.22. The van der Waals surface area contributed by atoms with Gasteiger partial charge in [-0.2, -0.15) is 0 Å². The Morgan fingerprint density at radius 2 is 1.88 bits per heavy atom. The number of hydrogen-bond donors (Lipinski definition) is 3. The minimum atomic E-state index is -0.794. The molecule has 0 radical (unpaired) electrons. The summed E-state index contributed by atoms with van der Waals surface area (Å²) in [5.41, 5.74) is 2.32. The third kappa shape index (κ3) is 4.57. The molecular weight excluding hydrogens is 306 g/mol. The fourth-order valence-electron chi connectivity index (χ4n) is 2.84. The fraction of sp³-hybridized carbons (Fsp3) is 0.500. The summed E-state index contributed by atoms with van der Waals surface area (Å²) in [5, 5.41) is 7.54. The van der Waals surface area contributed by atoms with Gasteiger partial charge in [-0.25, -0.2) is 4.79 Å². The van der Waals surface area contributed by atoms with Crippen molar-refractivity contribution in [3.63, 3.8) is 0 Å². The molecule has 1 aromatic carbocycles. The van der Waals surface area contributed by atoms with E-state index in [0.29, 0.717) is 0 Å². The topological polar surface area (TPSA) is 87.3 Å². The van der Waals surface area contributed by atoms with Gasteiger partial charge in [0.2, 0.25) is 5.91 Å². The van der Waals surface area contributed by atoms with Crippen LogP contribution in [0.25, 0.3) is 0 Å². The Labute approximate surface area is 142 Å². The standard InChI is InChI=1S/C18H25N3O3/c1-4-5-12-6-8-13(9-7-12)16(11(2)3)20-15(22)10-14-17(23)21-18(24)19-14/h6-9,11,14,16H,4-5,10H2,1-3H3,(H,20,22)(H2,19,21,23,24)/t14-,16-/m1/s1. The number of hydrogen-bond acceptors (Lipinski definition) is 3. The zero-order valence-electron chi connectivity index (χ0n) is 14.4. The van der Waals surface area contributed by atoms with Crippen molar-refractivity contribution < 1.29 is 14.4 Å². The molecule has 4 amide bonds. The molecule has 2 rings (SSSR count). The van der Waals surface area contributed by atoms with Crippen molar-refractivity contribution in [2.45, 2.75) is 52.1 Å². The normalized spacial score (nSPS) is 18.2. The highest BCUT2D eigenvalue weighted by Gasteiger charge is 2.32. The molecule has 1 heterocycles. The molecule has 130 valence electrons. The van der Waals surface area contributed by atoms with Gasteiger partial charge in [0.05, 0.1) is 12.5 Å². The molecule has 1 aliphatic rings. The van der Waals surface area contributed by atoms with E-state index in [1.807, 2.05) is 26.0 Å². The molecule has 1 aliphatic heterocycles. The number of aryl methyl sites for hydroxylation is 1. The number of urea groups is 1. The Hall–Kier alpha value is -2.37. The Bertz CT molecular complexity index is 610. The molecule has 6 heteroatoms. The highest BCUT2D eigenvalue weighted by Crippen LogP contribution is 2.22. The van der Waals surface area contributed by atoms with Gasteiger partial charge in [0.25, 0.3) is 5.91 Å². The lowest BCUT2D eigenvalue weighted by Gasteiger charge is -2.23. The first-order valence-corrected chi connectivity index (χ1v) is 8.40. The Kier molecular flexibility index (Phi) is 5.95. The monoisotopic (exact) mass is 331 g/mol. The van der Waals surface area contributed by atoms with Crippen molar-refractivity contribution in [2.24, 2.45) is 5.92 Å². The van der Waals surface area contributed by atoms with E-state index in [-0.39, 0.29) is 24.3 Å². The Balaban J connectivity index is 2.01. The van der Waals surface area contributed by atoms with E-state index in [1.54, 1.807) is 0 Å². The van der Waals surface area contributed by atoms with Crippen LogP contribution in [0.15, 0.2) is 24.3 Å². The average Bonchev–Trinajstić information content (AvgIpc) is 2.83. The Morgan fingerprint density at radius 3 is 2.38 bits per heavy atom. The summed E-state index contributed by atoms with van der Waals surface area (Å²) in [4.78, 5) is 34.9. The highest BCUT2D eigenvalue weighted by molar-refractivity contribution is 6.05. The van der Waals surface area contributed by atoms with Crippen LogP contribution in [0.5, 0.6) is 0 Å². The third-order valence-electron chi connectivity index (χ3n) is 4.11. The molecule has 1 saturated heterocycles. The van der Waals surface area contributed by atoms with Crippen LogP contribution in [0, 0.1) is 5.92 Å². The van der Waals surface area contributed by atoms with Crippen LogP contribution in [0.3, 0.4) is 0 Å². The zero-order chi connectivity index (χ0) is 17.7. The maximum absolute atomic E-state index is 12.3. The first kappa shape index (κ1) is 18.0. The molecule has 6 nitrogen and oxygen atoms in total. The van der Waals surface area contributed by atoms with Crippen molar-refractivity contribution >= 4 is 17.8 Å². The van der Waals surface area contributed by atoms with Crippen LogP contribution in [0.1, 0.15) is 50.8 Å². The first-order chi connectivity index (χ1) is 11.4. The summed E-state index contributed by atoms with van der Waals surface area (Å²) in [6.07, 6.45) is 2.07. The smallest absolute Gasteiger partial charge is 0.322 e. The number of benzene rings is 1. The van der Waals surface area contributed by atoms with E-state index in [0.717, 1.165) is 18.4 Å². The molecule has 3 N–H and O–H groups in total. The molecule has 24 heavy (non-hydrogen) atoms. The first-order valence-electron chi connectivity index (χ1n) is 8.40. The van der Waals surface area contributed by atoms with Crippen LogP contribution >= 0.6 is 0 Å². The number of carbonyl (C=O) groups is 3. The molecule has 0 spiro atoms. The summed E-state index contributed by atoms with van der Waals surface area (Å²) in [5.74, 6) is -0.508. The zero-order valence-corrected chi connectivity index (χ0v) is 14.4. The second-order valence-corrected chi connectivity index (χ2v) is 6.50. The second kappa shape index (κ2) is 7.95. The number of carbonyl (C=O) groups excluding carboxylic acids is 3. The second-order valence-electron chi connectivity index (χ2n) is 6.50. The highest BCUT2D eigenvalue weighted by atomic mass is 16.2. The van der Waals surface area contributed by atoms with Crippen molar-refractivity contribution in [3.8, 4) is 0 Å². The van der Waals surface area contributed by atoms with E-state index < -0.39 is 18.0 Å².